The summed E-state index contributed by atoms with van der Waals surface area (Å²) in [6.07, 6.45) is 0. The Morgan fingerprint density at radius 1 is 1.18 bits per heavy atom. The van der Waals surface area contributed by atoms with E-state index in [1.54, 1.807) is 0 Å². The standard InChI is InChI=1S/C8H8O3/c1-5(9)6-2-3-7(10)8(11)4-6/h2-4,9-11H,1H2. The average molecular weight is 152 g/mol. The minimum absolute atomic E-state index is 0.139. The molecule has 0 aliphatic carbocycles. The maximum atomic E-state index is 8.95. The van der Waals surface area contributed by atoms with Gasteiger partial charge in [-0.15, -0.1) is 0 Å². The molecule has 1 rings (SSSR count). The zero-order valence-electron chi connectivity index (χ0n) is 5.78. The second-order valence-corrected chi connectivity index (χ2v) is 2.15. The van der Waals surface area contributed by atoms with E-state index >= 15 is 0 Å². The van der Waals surface area contributed by atoms with Crippen LogP contribution in [0.4, 0.5) is 0 Å². The molecule has 3 nitrogen and oxygen atoms in total. The van der Waals surface area contributed by atoms with Gasteiger partial charge in [0.25, 0.3) is 0 Å². The Kier molecular flexibility index (Phi) is 1.72. The largest absolute Gasteiger partial charge is 0.508 e. The minimum Gasteiger partial charge on any atom is -0.508 e. The van der Waals surface area contributed by atoms with E-state index in [1.165, 1.54) is 18.2 Å². The van der Waals surface area contributed by atoms with Crippen molar-refractivity contribution in [2.45, 2.75) is 0 Å². The third-order valence-electron chi connectivity index (χ3n) is 1.31. The van der Waals surface area contributed by atoms with Gasteiger partial charge in [0, 0.05) is 5.56 Å². The molecule has 0 aliphatic rings. The molecule has 3 N–H and O–H groups in total. The van der Waals surface area contributed by atoms with E-state index in [-0.39, 0.29) is 17.3 Å². The van der Waals surface area contributed by atoms with Gasteiger partial charge in [0.1, 0.15) is 5.76 Å². The van der Waals surface area contributed by atoms with Gasteiger partial charge in [0.15, 0.2) is 11.5 Å². The summed E-state index contributed by atoms with van der Waals surface area (Å²) >= 11 is 0. The number of aromatic hydroxyl groups is 2. The molecule has 0 radical (unpaired) electrons. The lowest BCUT2D eigenvalue weighted by atomic mass is 10.2. The molecule has 3 heteroatoms. The Morgan fingerprint density at radius 3 is 2.27 bits per heavy atom. The number of phenolic OH excluding ortho intramolecular Hbond substituents is 2. The Morgan fingerprint density at radius 2 is 1.82 bits per heavy atom. The first-order valence-electron chi connectivity index (χ1n) is 3.01. The fourth-order valence-electron chi connectivity index (χ4n) is 0.703. The Bertz CT molecular complexity index is 291. The average Bonchev–Trinajstić information content (AvgIpc) is 1.94. The van der Waals surface area contributed by atoms with Gasteiger partial charge in [-0.05, 0) is 18.2 Å². The molecule has 0 aliphatic heterocycles. The van der Waals surface area contributed by atoms with Gasteiger partial charge in [-0.25, -0.2) is 0 Å². The number of aliphatic hydroxyl groups excluding tert-OH is 1. The second kappa shape index (κ2) is 2.54. The van der Waals surface area contributed by atoms with Crippen molar-refractivity contribution in [1.82, 2.24) is 0 Å². The lowest BCUT2D eigenvalue weighted by Crippen LogP contribution is -1.79. The van der Waals surface area contributed by atoms with Crippen molar-refractivity contribution >= 4 is 5.76 Å². The molecule has 0 unspecified atom stereocenters. The van der Waals surface area contributed by atoms with E-state index in [4.69, 9.17) is 15.3 Å². The van der Waals surface area contributed by atoms with Gasteiger partial charge in [0.05, 0.1) is 0 Å². The number of hydrogen-bond acceptors (Lipinski definition) is 3. The number of rotatable bonds is 1. The molecule has 1 aromatic carbocycles. The highest BCUT2D eigenvalue weighted by Gasteiger charge is 2.01. The lowest BCUT2D eigenvalue weighted by molar-refractivity contribution is 0.403. The van der Waals surface area contributed by atoms with Gasteiger partial charge in [-0.2, -0.15) is 0 Å². The van der Waals surface area contributed by atoms with E-state index in [2.05, 4.69) is 6.58 Å². The molecule has 0 heterocycles. The topological polar surface area (TPSA) is 60.7 Å². The molecular weight excluding hydrogens is 144 g/mol. The number of phenols is 2. The number of benzene rings is 1. The van der Waals surface area contributed by atoms with Crippen LogP contribution in [0.15, 0.2) is 24.8 Å². The van der Waals surface area contributed by atoms with E-state index in [9.17, 15) is 0 Å². The number of aliphatic hydroxyl groups is 1. The van der Waals surface area contributed by atoms with Crippen molar-refractivity contribution in [3.8, 4) is 11.5 Å². The third kappa shape index (κ3) is 1.43. The molecule has 58 valence electrons. The first kappa shape index (κ1) is 7.47. The van der Waals surface area contributed by atoms with Gasteiger partial charge in [-0.3, -0.25) is 0 Å². The smallest absolute Gasteiger partial charge is 0.158 e. The van der Waals surface area contributed by atoms with Crippen LogP contribution in [0.3, 0.4) is 0 Å². The summed E-state index contributed by atoms with van der Waals surface area (Å²) in [6.45, 7) is 3.26. The van der Waals surface area contributed by atoms with Gasteiger partial charge in [-0.1, -0.05) is 6.58 Å². The quantitative estimate of drug-likeness (QED) is 0.423. The van der Waals surface area contributed by atoms with Crippen molar-refractivity contribution < 1.29 is 15.3 Å². The summed E-state index contributed by atoms with van der Waals surface area (Å²) in [5, 5.41) is 26.7. The highest BCUT2D eigenvalue weighted by Crippen LogP contribution is 2.26. The predicted octanol–water partition coefficient (Wildman–Crippen LogP) is 1.63. The second-order valence-electron chi connectivity index (χ2n) is 2.15. The van der Waals surface area contributed by atoms with E-state index < -0.39 is 0 Å². The van der Waals surface area contributed by atoms with Crippen molar-refractivity contribution in [2.24, 2.45) is 0 Å². The third-order valence-corrected chi connectivity index (χ3v) is 1.31. The van der Waals surface area contributed by atoms with Crippen molar-refractivity contribution in [3.63, 3.8) is 0 Å². The maximum Gasteiger partial charge on any atom is 0.158 e. The lowest BCUT2D eigenvalue weighted by Gasteiger charge is -2.00. The van der Waals surface area contributed by atoms with Crippen LogP contribution < -0.4 is 0 Å². The molecule has 1 aromatic rings. The maximum absolute atomic E-state index is 8.95. The summed E-state index contributed by atoms with van der Waals surface area (Å²) in [5.41, 5.74) is 0.389. The summed E-state index contributed by atoms with van der Waals surface area (Å²) in [6, 6.07) is 3.97. The van der Waals surface area contributed by atoms with E-state index in [0.717, 1.165) is 0 Å². The molecule has 0 spiro atoms. The molecule has 0 amide bonds. The fourth-order valence-corrected chi connectivity index (χ4v) is 0.703. The zero-order chi connectivity index (χ0) is 8.43. The zero-order valence-corrected chi connectivity index (χ0v) is 5.78. The fraction of sp³-hybridized carbons (Fsp3) is 0. The van der Waals surface area contributed by atoms with Crippen molar-refractivity contribution in [1.29, 1.82) is 0 Å². The van der Waals surface area contributed by atoms with Crippen molar-refractivity contribution in [3.05, 3.63) is 30.3 Å². The van der Waals surface area contributed by atoms with Crippen LogP contribution in [0.2, 0.25) is 0 Å². The molecule has 0 bridgehead atoms. The monoisotopic (exact) mass is 152 g/mol. The van der Waals surface area contributed by atoms with Crippen LogP contribution in [0.25, 0.3) is 5.76 Å². The molecule has 0 fully saturated rings. The Hall–Kier alpha value is -1.64. The van der Waals surface area contributed by atoms with E-state index in [0.29, 0.717) is 5.56 Å². The highest BCUT2D eigenvalue weighted by molar-refractivity contribution is 5.59. The Balaban J connectivity index is 3.15. The molecule has 0 saturated carbocycles. The summed E-state index contributed by atoms with van der Waals surface area (Å²) in [5.74, 6) is -0.618. The first-order valence-corrected chi connectivity index (χ1v) is 3.01. The summed E-state index contributed by atoms with van der Waals surface area (Å²) in [7, 11) is 0. The van der Waals surface area contributed by atoms with Crippen LogP contribution in [-0.4, -0.2) is 15.3 Å². The first-order chi connectivity index (χ1) is 5.11. The van der Waals surface area contributed by atoms with Gasteiger partial charge < -0.3 is 15.3 Å². The SMILES string of the molecule is C=C(O)c1ccc(O)c(O)c1. The number of hydrogen-bond donors (Lipinski definition) is 3. The molecule has 11 heavy (non-hydrogen) atoms. The van der Waals surface area contributed by atoms with E-state index in [1.807, 2.05) is 0 Å². The Labute approximate surface area is 63.9 Å². The van der Waals surface area contributed by atoms with Crippen LogP contribution in [0.5, 0.6) is 11.5 Å². The summed E-state index contributed by atoms with van der Waals surface area (Å²) < 4.78 is 0. The van der Waals surface area contributed by atoms with Gasteiger partial charge in [0.2, 0.25) is 0 Å². The van der Waals surface area contributed by atoms with Crippen LogP contribution in [-0.2, 0) is 0 Å². The van der Waals surface area contributed by atoms with Gasteiger partial charge >= 0.3 is 0 Å². The molecule has 0 atom stereocenters. The van der Waals surface area contributed by atoms with Crippen LogP contribution >= 0.6 is 0 Å². The van der Waals surface area contributed by atoms with Crippen LogP contribution in [0, 0.1) is 0 Å². The predicted molar refractivity (Wildman–Crippen MR) is 41.4 cm³/mol. The molecule has 0 aromatic heterocycles. The highest BCUT2D eigenvalue weighted by atomic mass is 16.3. The van der Waals surface area contributed by atoms with Crippen molar-refractivity contribution in [2.75, 3.05) is 0 Å². The molecular formula is C8H8O3. The molecule has 0 saturated heterocycles. The minimum atomic E-state index is -0.266. The summed E-state index contributed by atoms with van der Waals surface area (Å²) in [4.78, 5) is 0. The normalized spacial score (nSPS) is 9.45. The van der Waals surface area contributed by atoms with Crippen LogP contribution in [0.1, 0.15) is 5.56 Å².